The van der Waals surface area contributed by atoms with Crippen molar-refractivity contribution in [2.45, 2.75) is 13.3 Å². The number of nitrogens with zero attached hydrogens (tertiary/aromatic N) is 2. The Morgan fingerprint density at radius 2 is 1.90 bits per heavy atom. The lowest BCUT2D eigenvalue weighted by molar-refractivity contribution is 0.102. The summed E-state index contributed by atoms with van der Waals surface area (Å²) in [7, 11) is 0. The molecule has 1 amide bonds. The highest BCUT2D eigenvalue weighted by Crippen LogP contribution is 2.14. The number of nitrogens with one attached hydrogen (secondary N) is 2. The van der Waals surface area contributed by atoms with Crippen molar-refractivity contribution < 1.29 is 4.79 Å². The van der Waals surface area contributed by atoms with E-state index in [0.29, 0.717) is 16.5 Å². The third kappa shape index (κ3) is 3.93. The zero-order valence-corrected chi connectivity index (χ0v) is 11.8. The normalized spacial score (nSPS) is 10.1. The minimum Gasteiger partial charge on any atom is -0.369 e. The zero-order chi connectivity index (χ0) is 14.4. The molecule has 6 heteroatoms. The van der Waals surface area contributed by atoms with Gasteiger partial charge in [-0.2, -0.15) is 0 Å². The van der Waals surface area contributed by atoms with E-state index in [9.17, 15) is 4.79 Å². The van der Waals surface area contributed by atoms with Crippen LogP contribution in [0.15, 0.2) is 36.4 Å². The standard InChI is InChI=1S/C14H15ClN4O/c1-2-9-16-13-8-7-12(18-19-13)14(20)17-11-5-3-10(15)4-6-11/h3-8H,2,9H2,1H3,(H,16,19)(H,17,20). The SMILES string of the molecule is CCCNc1ccc(C(=O)Nc2ccc(Cl)cc2)nn1. The van der Waals surface area contributed by atoms with E-state index in [1.54, 1.807) is 36.4 Å². The quantitative estimate of drug-likeness (QED) is 0.887. The summed E-state index contributed by atoms with van der Waals surface area (Å²) in [5.41, 5.74) is 0.927. The molecule has 0 unspecified atom stereocenters. The van der Waals surface area contributed by atoms with Gasteiger partial charge in [0.25, 0.3) is 5.91 Å². The summed E-state index contributed by atoms with van der Waals surface area (Å²) in [6, 6.07) is 10.2. The summed E-state index contributed by atoms with van der Waals surface area (Å²) in [5.74, 6) is 0.358. The van der Waals surface area contributed by atoms with Crippen molar-refractivity contribution in [3.8, 4) is 0 Å². The first kappa shape index (κ1) is 14.3. The third-order valence-corrected chi connectivity index (χ3v) is 2.81. The second kappa shape index (κ2) is 6.86. The molecule has 0 aliphatic carbocycles. The summed E-state index contributed by atoms with van der Waals surface area (Å²) >= 11 is 5.78. The van der Waals surface area contributed by atoms with Gasteiger partial charge < -0.3 is 10.6 Å². The van der Waals surface area contributed by atoms with Crippen LogP contribution in [0.25, 0.3) is 0 Å². The Bertz CT molecular complexity index is 569. The van der Waals surface area contributed by atoms with Crippen molar-refractivity contribution in [1.29, 1.82) is 0 Å². The van der Waals surface area contributed by atoms with E-state index < -0.39 is 0 Å². The maximum atomic E-state index is 12.0. The molecule has 0 fully saturated rings. The van der Waals surface area contributed by atoms with Crippen LogP contribution in [0, 0.1) is 0 Å². The van der Waals surface area contributed by atoms with Gasteiger partial charge in [0.1, 0.15) is 5.82 Å². The maximum Gasteiger partial charge on any atom is 0.276 e. The third-order valence-electron chi connectivity index (χ3n) is 2.56. The first-order valence-electron chi connectivity index (χ1n) is 6.33. The van der Waals surface area contributed by atoms with E-state index in [4.69, 9.17) is 11.6 Å². The van der Waals surface area contributed by atoms with Crippen molar-refractivity contribution in [3.63, 3.8) is 0 Å². The van der Waals surface area contributed by atoms with Crippen molar-refractivity contribution in [2.75, 3.05) is 17.2 Å². The number of hydrogen-bond donors (Lipinski definition) is 2. The lowest BCUT2D eigenvalue weighted by atomic mass is 10.3. The van der Waals surface area contributed by atoms with Gasteiger partial charge >= 0.3 is 0 Å². The van der Waals surface area contributed by atoms with E-state index in [2.05, 4.69) is 27.8 Å². The van der Waals surface area contributed by atoms with Crippen LogP contribution in [0.2, 0.25) is 5.02 Å². The predicted molar refractivity (Wildman–Crippen MR) is 80.2 cm³/mol. The molecule has 2 rings (SSSR count). The van der Waals surface area contributed by atoms with Crippen LogP contribution in [0.1, 0.15) is 23.8 Å². The number of amides is 1. The molecule has 104 valence electrons. The largest absolute Gasteiger partial charge is 0.369 e. The Morgan fingerprint density at radius 3 is 2.50 bits per heavy atom. The first-order chi connectivity index (χ1) is 9.69. The van der Waals surface area contributed by atoms with Crippen LogP contribution in [-0.2, 0) is 0 Å². The van der Waals surface area contributed by atoms with Gasteiger partial charge in [-0.05, 0) is 42.8 Å². The molecule has 1 heterocycles. The van der Waals surface area contributed by atoms with Crippen molar-refractivity contribution in [2.24, 2.45) is 0 Å². The average molecular weight is 291 g/mol. The molecule has 1 aromatic heterocycles. The Kier molecular flexibility index (Phi) is 4.90. The smallest absolute Gasteiger partial charge is 0.276 e. The summed E-state index contributed by atoms with van der Waals surface area (Å²) in [6.45, 7) is 2.89. The zero-order valence-electron chi connectivity index (χ0n) is 11.1. The highest BCUT2D eigenvalue weighted by Gasteiger charge is 2.08. The van der Waals surface area contributed by atoms with Crippen LogP contribution in [0.5, 0.6) is 0 Å². The number of benzene rings is 1. The molecule has 5 nitrogen and oxygen atoms in total. The number of rotatable bonds is 5. The molecule has 20 heavy (non-hydrogen) atoms. The molecule has 0 radical (unpaired) electrons. The van der Waals surface area contributed by atoms with Crippen molar-refractivity contribution in [3.05, 3.63) is 47.1 Å². The maximum absolute atomic E-state index is 12.0. The van der Waals surface area contributed by atoms with Gasteiger partial charge in [0.2, 0.25) is 0 Å². The molecule has 2 aromatic rings. The number of aromatic nitrogens is 2. The Morgan fingerprint density at radius 1 is 1.15 bits per heavy atom. The summed E-state index contributed by atoms with van der Waals surface area (Å²) in [4.78, 5) is 12.0. The van der Waals surface area contributed by atoms with Crippen molar-refractivity contribution >= 4 is 29.0 Å². The van der Waals surface area contributed by atoms with Crippen LogP contribution < -0.4 is 10.6 Å². The van der Waals surface area contributed by atoms with Crippen LogP contribution in [0.3, 0.4) is 0 Å². The number of halogens is 1. The van der Waals surface area contributed by atoms with E-state index in [1.165, 1.54) is 0 Å². The molecular weight excluding hydrogens is 276 g/mol. The van der Waals surface area contributed by atoms with E-state index in [1.807, 2.05) is 0 Å². The number of anilines is 2. The Balaban J connectivity index is 2.00. The highest BCUT2D eigenvalue weighted by atomic mass is 35.5. The first-order valence-corrected chi connectivity index (χ1v) is 6.71. The fraction of sp³-hybridized carbons (Fsp3) is 0.214. The molecule has 0 atom stereocenters. The lowest BCUT2D eigenvalue weighted by Crippen LogP contribution is -2.15. The number of carbonyl (C=O) groups excluding carboxylic acids is 1. The minimum atomic E-state index is -0.304. The van der Waals surface area contributed by atoms with Crippen molar-refractivity contribution in [1.82, 2.24) is 10.2 Å². The second-order valence-electron chi connectivity index (χ2n) is 4.19. The minimum absolute atomic E-state index is 0.266. The second-order valence-corrected chi connectivity index (χ2v) is 4.63. The van der Waals surface area contributed by atoms with E-state index in [-0.39, 0.29) is 11.6 Å². The number of carbonyl (C=O) groups is 1. The van der Waals surface area contributed by atoms with Crippen LogP contribution >= 0.6 is 11.6 Å². The predicted octanol–water partition coefficient (Wildman–Crippen LogP) is 3.20. The van der Waals surface area contributed by atoms with Gasteiger partial charge in [0, 0.05) is 17.3 Å². The molecular formula is C14H15ClN4O. The molecule has 1 aromatic carbocycles. The molecule has 0 bridgehead atoms. The number of hydrogen-bond acceptors (Lipinski definition) is 4. The summed E-state index contributed by atoms with van der Waals surface area (Å²) in [5, 5.41) is 14.3. The molecule has 0 aliphatic rings. The van der Waals surface area contributed by atoms with E-state index in [0.717, 1.165) is 13.0 Å². The van der Waals surface area contributed by atoms with Gasteiger partial charge in [-0.3, -0.25) is 4.79 Å². The monoisotopic (exact) mass is 290 g/mol. The summed E-state index contributed by atoms with van der Waals surface area (Å²) < 4.78 is 0. The average Bonchev–Trinajstić information content (AvgIpc) is 2.48. The Hall–Kier alpha value is -2.14. The lowest BCUT2D eigenvalue weighted by Gasteiger charge is -2.05. The van der Waals surface area contributed by atoms with Gasteiger partial charge in [0.15, 0.2) is 5.69 Å². The molecule has 0 saturated heterocycles. The molecule has 0 aliphatic heterocycles. The van der Waals surface area contributed by atoms with Gasteiger partial charge in [0.05, 0.1) is 0 Å². The van der Waals surface area contributed by atoms with Crippen LogP contribution in [0.4, 0.5) is 11.5 Å². The van der Waals surface area contributed by atoms with Gasteiger partial charge in [-0.1, -0.05) is 18.5 Å². The van der Waals surface area contributed by atoms with Gasteiger partial charge in [-0.25, -0.2) is 0 Å². The Labute approximate surface area is 122 Å². The molecule has 2 N–H and O–H groups in total. The summed E-state index contributed by atoms with van der Waals surface area (Å²) in [6.07, 6.45) is 1.00. The topological polar surface area (TPSA) is 66.9 Å². The highest BCUT2D eigenvalue weighted by molar-refractivity contribution is 6.30. The molecule has 0 saturated carbocycles. The van der Waals surface area contributed by atoms with E-state index >= 15 is 0 Å². The van der Waals surface area contributed by atoms with Crippen LogP contribution in [-0.4, -0.2) is 22.6 Å². The van der Waals surface area contributed by atoms with Gasteiger partial charge in [-0.15, -0.1) is 10.2 Å². The molecule has 0 spiro atoms. The fourth-order valence-electron chi connectivity index (χ4n) is 1.53. The fourth-order valence-corrected chi connectivity index (χ4v) is 1.66.